The molecule has 2 amide bonds. The molecule has 1 aliphatic rings. The third-order valence-electron chi connectivity index (χ3n) is 4.07. The van der Waals surface area contributed by atoms with Crippen LogP contribution in [-0.2, 0) is 9.59 Å². The van der Waals surface area contributed by atoms with Crippen molar-refractivity contribution in [1.29, 1.82) is 0 Å². The van der Waals surface area contributed by atoms with Crippen molar-refractivity contribution in [2.75, 3.05) is 23.4 Å². The second kappa shape index (κ2) is 7.34. The normalized spacial score (nSPS) is 16.8. The molecule has 130 valence electrons. The molecule has 0 spiro atoms. The summed E-state index contributed by atoms with van der Waals surface area (Å²) in [6.07, 6.45) is 0.153. The van der Waals surface area contributed by atoms with Crippen molar-refractivity contribution in [2.45, 2.75) is 13.3 Å². The van der Waals surface area contributed by atoms with Crippen LogP contribution >= 0.6 is 0 Å². The van der Waals surface area contributed by atoms with Crippen LogP contribution in [0.3, 0.4) is 0 Å². The Kier molecular flexibility index (Phi) is 4.97. The number of hydrogen-bond donors (Lipinski definition) is 1. The molecule has 2 aromatic rings. The molecule has 25 heavy (non-hydrogen) atoms. The molecule has 0 radical (unpaired) electrons. The average Bonchev–Trinajstić information content (AvgIpc) is 3.00. The Hall–Kier alpha value is -2.89. The minimum absolute atomic E-state index is 0.0941. The lowest BCUT2D eigenvalue weighted by Crippen LogP contribution is -2.28. The fraction of sp³-hybridized carbons (Fsp3) is 0.263. The first-order valence-corrected chi connectivity index (χ1v) is 8.16. The molecule has 0 aromatic heterocycles. The molecule has 1 atom stereocenters. The monoisotopic (exact) mass is 342 g/mol. The molecule has 0 bridgehead atoms. The zero-order valence-corrected chi connectivity index (χ0v) is 13.9. The quantitative estimate of drug-likeness (QED) is 0.908. The molecule has 5 nitrogen and oxygen atoms in total. The van der Waals surface area contributed by atoms with Crippen LogP contribution in [0.4, 0.5) is 15.8 Å². The van der Waals surface area contributed by atoms with Crippen LogP contribution in [0.2, 0.25) is 0 Å². The highest BCUT2D eigenvalue weighted by atomic mass is 19.1. The molecule has 6 heteroatoms. The van der Waals surface area contributed by atoms with Crippen LogP contribution in [0, 0.1) is 11.7 Å². The lowest BCUT2D eigenvalue weighted by molar-refractivity contribution is -0.122. The van der Waals surface area contributed by atoms with Gasteiger partial charge >= 0.3 is 0 Å². The van der Waals surface area contributed by atoms with E-state index in [0.717, 1.165) is 11.4 Å². The number of halogens is 1. The molecule has 3 rings (SSSR count). The van der Waals surface area contributed by atoms with E-state index < -0.39 is 5.92 Å². The zero-order chi connectivity index (χ0) is 17.8. The predicted octanol–water partition coefficient (Wildman–Crippen LogP) is 3.22. The van der Waals surface area contributed by atoms with Gasteiger partial charge in [0.05, 0.1) is 12.5 Å². The van der Waals surface area contributed by atoms with Gasteiger partial charge in [0.1, 0.15) is 11.6 Å². The van der Waals surface area contributed by atoms with E-state index in [2.05, 4.69) is 5.32 Å². The summed E-state index contributed by atoms with van der Waals surface area (Å²) in [5.74, 6) is -0.403. The maximum atomic E-state index is 12.9. The molecule has 2 aromatic carbocycles. The highest BCUT2D eigenvalue weighted by Gasteiger charge is 2.35. The molecule has 0 saturated carbocycles. The summed E-state index contributed by atoms with van der Waals surface area (Å²) in [6.45, 7) is 2.80. The molecule has 1 heterocycles. The SMILES string of the molecule is CCOc1ccc(N2C[C@H](C(=O)Nc3ccc(F)cc3)CC2=O)cc1. The molecule has 1 aliphatic heterocycles. The molecular weight excluding hydrogens is 323 g/mol. The van der Waals surface area contributed by atoms with Gasteiger partial charge in [-0.15, -0.1) is 0 Å². The van der Waals surface area contributed by atoms with Crippen LogP contribution in [0.15, 0.2) is 48.5 Å². The van der Waals surface area contributed by atoms with E-state index in [1.807, 2.05) is 19.1 Å². The first-order valence-electron chi connectivity index (χ1n) is 8.16. The highest BCUT2D eigenvalue weighted by Crippen LogP contribution is 2.27. The van der Waals surface area contributed by atoms with Crippen molar-refractivity contribution < 1.29 is 18.7 Å². The number of nitrogens with one attached hydrogen (secondary N) is 1. The average molecular weight is 342 g/mol. The smallest absolute Gasteiger partial charge is 0.229 e. The summed E-state index contributed by atoms with van der Waals surface area (Å²) in [6, 6.07) is 12.8. The van der Waals surface area contributed by atoms with E-state index in [1.54, 1.807) is 17.0 Å². The lowest BCUT2D eigenvalue weighted by Gasteiger charge is -2.17. The number of nitrogens with zero attached hydrogens (tertiary/aromatic N) is 1. The van der Waals surface area contributed by atoms with Crippen molar-refractivity contribution in [1.82, 2.24) is 0 Å². The Balaban J connectivity index is 1.65. The van der Waals surface area contributed by atoms with E-state index >= 15 is 0 Å². The van der Waals surface area contributed by atoms with Gasteiger partial charge in [0.15, 0.2) is 0 Å². The number of ether oxygens (including phenoxy) is 1. The van der Waals surface area contributed by atoms with E-state index in [1.165, 1.54) is 24.3 Å². The predicted molar refractivity (Wildman–Crippen MR) is 93.1 cm³/mol. The summed E-state index contributed by atoms with van der Waals surface area (Å²) in [7, 11) is 0. The fourth-order valence-electron chi connectivity index (χ4n) is 2.80. The number of rotatable bonds is 5. The maximum absolute atomic E-state index is 12.9. The Morgan fingerprint density at radius 2 is 1.88 bits per heavy atom. The summed E-state index contributed by atoms with van der Waals surface area (Å²) >= 11 is 0. The standard InChI is InChI=1S/C19H19FN2O3/c1-2-25-17-9-7-16(8-10-17)22-12-13(11-18(22)23)19(24)21-15-5-3-14(20)4-6-15/h3-10,13H,2,11-12H2,1H3,(H,21,24)/t13-/m1/s1. The number of carbonyl (C=O) groups excluding carboxylic acids is 2. The largest absolute Gasteiger partial charge is 0.494 e. The number of benzene rings is 2. The zero-order valence-electron chi connectivity index (χ0n) is 13.9. The topological polar surface area (TPSA) is 58.6 Å². The first kappa shape index (κ1) is 17.0. The van der Waals surface area contributed by atoms with Crippen molar-refractivity contribution in [3.63, 3.8) is 0 Å². The van der Waals surface area contributed by atoms with Gasteiger partial charge in [-0.1, -0.05) is 0 Å². The summed E-state index contributed by atoms with van der Waals surface area (Å²) in [5, 5.41) is 2.73. The first-order chi connectivity index (χ1) is 12.1. The number of carbonyl (C=O) groups is 2. The van der Waals surface area contributed by atoms with Gasteiger partial charge in [0.2, 0.25) is 11.8 Å². The second-order valence-corrected chi connectivity index (χ2v) is 5.83. The Labute approximate surface area is 145 Å². The van der Waals surface area contributed by atoms with Gasteiger partial charge < -0.3 is 15.0 Å². The minimum atomic E-state index is -0.441. The summed E-state index contributed by atoms with van der Waals surface area (Å²) in [5.41, 5.74) is 1.25. The van der Waals surface area contributed by atoms with Crippen molar-refractivity contribution in [3.05, 3.63) is 54.3 Å². The van der Waals surface area contributed by atoms with Crippen molar-refractivity contribution in [2.24, 2.45) is 5.92 Å². The summed E-state index contributed by atoms with van der Waals surface area (Å²) < 4.78 is 18.3. The molecule has 1 N–H and O–H groups in total. The van der Waals surface area contributed by atoms with Gasteiger partial charge in [-0.3, -0.25) is 9.59 Å². The van der Waals surface area contributed by atoms with Gasteiger partial charge in [-0.2, -0.15) is 0 Å². The van der Waals surface area contributed by atoms with Crippen LogP contribution in [0.25, 0.3) is 0 Å². The number of amides is 2. The van der Waals surface area contributed by atoms with Crippen LogP contribution < -0.4 is 15.0 Å². The molecule has 1 saturated heterocycles. The van der Waals surface area contributed by atoms with Crippen LogP contribution in [0.5, 0.6) is 5.75 Å². The maximum Gasteiger partial charge on any atom is 0.229 e. The van der Waals surface area contributed by atoms with Crippen LogP contribution in [0.1, 0.15) is 13.3 Å². The van der Waals surface area contributed by atoms with Gasteiger partial charge in [0.25, 0.3) is 0 Å². The van der Waals surface area contributed by atoms with Crippen LogP contribution in [-0.4, -0.2) is 25.0 Å². The van der Waals surface area contributed by atoms with E-state index in [9.17, 15) is 14.0 Å². The van der Waals surface area contributed by atoms with Gasteiger partial charge in [0, 0.05) is 24.3 Å². The fourth-order valence-corrected chi connectivity index (χ4v) is 2.80. The van der Waals surface area contributed by atoms with Gasteiger partial charge in [-0.05, 0) is 55.5 Å². The molecule has 0 unspecified atom stereocenters. The highest BCUT2D eigenvalue weighted by molar-refractivity contribution is 6.03. The molecular formula is C19H19FN2O3. The minimum Gasteiger partial charge on any atom is -0.494 e. The molecule has 0 aliphatic carbocycles. The molecule has 1 fully saturated rings. The van der Waals surface area contributed by atoms with Crippen molar-refractivity contribution >= 4 is 23.2 Å². The Morgan fingerprint density at radius 1 is 1.20 bits per heavy atom. The number of anilines is 2. The van der Waals surface area contributed by atoms with Gasteiger partial charge in [-0.25, -0.2) is 4.39 Å². The van der Waals surface area contributed by atoms with E-state index in [4.69, 9.17) is 4.74 Å². The van der Waals surface area contributed by atoms with E-state index in [0.29, 0.717) is 18.8 Å². The Morgan fingerprint density at radius 3 is 2.52 bits per heavy atom. The lowest BCUT2D eigenvalue weighted by atomic mass is 10.1. The third-order valence-corrected chi connectivity index (χ3v) is 4.07. The van der Waals surface area contributed by atoms with E-state index in [-0.39, 0.29) is 24.1 Å². The Bertz CT molecular complexity index is 759. The second-order valence-electron chi connectivity index (χ2n) is 5.83. The van der Waals surface area contributed by atoms with Crippen molar-refractivity contribution in [3.8, 4) is 5.75 Å². The number of hydrogen-bond acceptors (Lipinski definition) is 3. The summed E-state index contributed by atoms with van der Waals surface area (Å²) in [4.78, 5) is 26.2. The third kappa shape index (κ3) is 3.96.